The third-order valence-electron chi connectivity index (χ3n) is 5.72. The number of hydrogen-bond donors (Lipinski definition) is 2. The lowest BCUT2D eigenvalue weighted by molar-refractivity contribution is 0.415. The van der Waals surface area contributed by atoms with Crippen LogP contribution < -0.4 is 14.8 Å². The van der Waals surface area contributed by atoms with E-state index in [0.717, 1.165) is 16.8 Å². The SMILES string of the molecule is COc1ccc(Nc2nc3ccccc3nc2NS(=O)(=O)c2c(C)c(C)cc(C)c2C)cc1. The van der Waals surface area contributed by atoms with Gasteiger partial charge in [-0.2, -0.15) is 0 Å². The van der Waals surface area contributed by atoms with Crippen molar-refractivity contribution in [2.75, 3.05) is 17.1 Å². The summed E-state index contributed by atoms with van der Waals surface area (Å²) in [6.07, 6.45) is 0. The van der Waals surface area contributed by atoms with E-state index in [4.69, 9.17) is 4.74 Å². The molecule has 0 amide bonds. The van der Waals surface area contributed by atoms with Crippen LogP contribution in [-0.4, -0.2) is 25.5 Å². The Balaban J connectivity index is 1.82. The topological polar surface area (TPSA) is 93.2 Å². The van der Waals surface area contributed by atoms with Gasteiger partial charge in [0, 0.05) is 5.69 Å². The number of ether oxygens (including phenoxy) is 1. The second-order valence-corrected chi connectivity index (χ2v) is 9.58. The van der Waals surface area contributed by atoms with Crippen LogP contribution in [0.25, 0.3) is 11.0 Å². The first-order valence-electron chi connectivity index (χ1n) is 10.5. The molecule has 0 saturated heterocycles. The molecule has 0 aliphatic carbocycles. The van der Waals surface area contributed by atoms with E-state index in [2.05, 4.69) is 20.0 Å². The van der Waals surface area contributed by atoms with E-state index in [1.54, 1.807) is 13.2 Å². The van der Waals surface area contributed by atoms with Crippen LogP contribution in [0.4, 0.5) is 17.3 Å². The van der Waals surface area contributed by atoms with Gasteiger partial charge in [0.25, 0.3) is 10.0 Å². The first kappa shape index (κ1) is 22.5. The van der Waals surface area contributed by atoms with Gasteiger partial charge in [0.15, 0.2) is 11.6 Å². The monoisotopic (exact) mass is 462 g/mol. The third kappa shape index (κ3) is 4.47. The molecule has 33 heavy (non-hydrogen) atoms. The number of anilines is 3. The molecule has 8 heteroatoms. The van der Waals surface area contributed by atoms with Crippen molar-refractivity contribution in [1.82, 2.24) is 9.97 Å². The Morgan fingerprint density at radius 3 is 1.88 bits per heavy atom. The Bertz CT molecular complexity index is 1420. The van der Waals surface area contributed by atoms with Gasteiger partial charge in [0.05, 0.1) is 23.0 Å². The molecule has 7 nitrogen and oxygen atoms in total. The molecule has 0 aliphatic rings. The molecule has 2 N–H and O–H groups in total. The van der Waals surface area contributed by atoms with Crippen molar-refractivity contribution in [1.29, 1.82) is 0 Å². The van der Waals surface area contributed by atoms with E-state index < -0.39 is 10.0 Å². The van der Waals surface area contributed by atoms with Crippen LogP contribution in [-0.2, 0) is 10.0 Å². The largest absolute Gasteiger partial charge is 0.497 e. The minimum Gasteiger partial charge on any atom is -0.497 e. The van der Waals surface area contributed by atoms with E-state index in [9.17, 15) is 8.42 Å². The van der Waals surface area contributed by atoms with Gasteiger partial charge in [-0.1, -0.05) is 18.2 Å². The summed E-state index contributed by atoms with van der Waals surface area (Å²) in [5.41, 5.74) is 5.21. The van der Waals surface area contributed by atoms with Gasteiger partial charge >= 0.3 is 0 Å². The van der Waals surface area contributed by atoms with Gasteiger partial charge in [0.1, 0.15) is 5.75 Å². The van der Waals surface area contributed by atoms with E-state index in [1.165, 1.54) is 0 Å². The van der Waals surface area contributed by atoms with Crippen molar-refractivity contribution in [2.24, 2.45) is 0 Å². The summed E-state index contributed by atoms with van der Waals surface area (Å²) in [5, 5.41) is 3.19. The average molecular weight is 463 g/mol. The Hall–Kier alpha value is -3.65. The highest BCUT2D eigenvalue weighted by atomic mass is 32.2. The Labute approximate surface area is 193 Å². The lowest BCUT2D eigenvalue weighted by atomic mass is 10.0. The van der Waals surface area contributed by atoms with Gasteiger partial charge in [0.2, 0.25) is 0 Å². The van der Waals surface area contributed by atoms with Crippen molar-refractivity contribution in [3.05, 3.63) is 76.9 Å². The molecular weight excluding hydrogens is 436 g/mol. The van der Waals surface area contributed by atoms with Gasteiger partial charge in [-0.15, -0.1) is 0 Å². The van der Waals surface area contributed by atoms with Crippen LogP contribution >= 0.6 is 0 Å². The first-order chi connectivity index (χ1) is 15.7. The molecular formula is C25H26N4O3S. The summed E-state index contributed by atoms with van der Waals surface area (Å²) < 4.78 is 35.0. The van der Waals surface area contributed by atoms with Crippen LogP contribution in [0.1, 0.15) is 22.3 Å². The Morgan fingerprint density at radius 1 is 0.788 bits per heavy atom. The van der Waals surface area contributed by atoms with Gasteiger partial charge in [-0.25, -0.2) is 18.4 Å². The normalized spacial score (nSPS) is 11.4. The molecule has 4 rings (SSSR count). The van der Waals surface area contributed by atoms with Gasteiger partial charge in [-0.05, 0) is 86.3 Å². The van der Waals surface area contributed by atoms with Crippen LogP contribution in [0.15, 0.2) is 59.5 Å². The van der Waals surface area contributed by atoms with Crippen LogP contribution in [0.3, 0.4) is 0 Å². The highest BCUT2D eigenvalue weighted by Crippen LogP contribution is 2.31. The lowest BCUT2D eigenvalue weighted by Gasteiger charge is -2.18. The second-order valence-electron chi connectivity index (χ2n) is 7.96. The van der Waals surface area contributed by atoms with Crippen LogP contribution in [0, 0.1) is 27.7 Å². The zero-order valence-electron chi connectivity index (χ0n) is 19.2. The fraction of sp³-hybridized carbons (Fsp3) is 0.200. The summed E-state index contributed by atoms with van der Waals surface area (Å²) in [6.45, 7) is 7.46. The minimum atomic E-state index is -3.93. The molecule has 0 fully saturated rings. The molecule has 0 radical (unpaired) electrons. The van der Waals surface area contributed by atoms with E-state index in [0.29, 0.717) is 33.7 Å². The molecule has 1 aromatic heterocycles. The number of methoxy groups -OCH3 is 1. The van der Waals surface area contributed by atoms with E-state index in [-0.39, 0.29) is 10.7 Å². The van der Waals surface area contributed by atoms with Crippen molar-refractivity contribution < 1.29 is 13.2 Å². The highest BCUT2D eigenvalue weighted by Gasteiger charge is 2.24. The number of benzene rings is 3. The molecule has 0 unspecified atom stereocenters. The summed E-state index contributed by atoms with van der Waals surface area (Å²) in [6, 6.07) is 16.6. The number of hydrogen-bond acceptors (Lipinski definition) is 6. The number of para-hydroxylation sites is 2. The summed E-state index contributed by atoms with van der Waals surface area (Å²) >= 11 is 0. The molecule has 0 bridgehead atoms. The molecule has 1 heterocycles. The average Bonchev–Trinajstić information content (AvgIpc) is 2.78. The molecule has 170 valence electrons. The number of aromatic nitrogens is 2. The van der Waals surface area contributed by atoms with E-state index in [1.807, 2.05) is 76.2 Å². The Kier molecular flexibility index (Phi) is 5.95. The van der Waals surface area contributed by atoms with E-state index >= 15 is 0 Å². The minimum absolute atomic E-state index is 0.127. The number of fused-ring (bicyclic) bond motifs is 1. The third-order valence-corrected chi connectivity index (χ3v) is 7.33. The van der Waals surface area contributed by atoms with Crippen molar-refractivity contribution in [3.63, 3.8) is 0 Å². The molecule has 0 atom stereocenters. The number of sulfonamides is 1. The Morgan fingerprint density at radius 2 is 1.33 bits per heavy atom. The zero-order valence-corrected chi connectivity index (χ0v) is 20.0. The highest BCUT2D eigenvalue weighted by molar-refractivity contribution is 7.92. The predicted molar refractivity (Wildman–Crippen MR) is 132 cm³/mol. The zero-order chi connectivity index (χ0) is 23.8. The predicted octanol–water partition coefficient (Wildman–Crippen LogP) is 5.42. The maximum Gasteiger partial charge on any atom is 0.263 e. The van der Waals surface area contributed by atoms with Crippen LogP contribution in [0.5, 0.6) is 5.75 Å². The molecule has 0 saturated carbocycles. The summed E-state index contributed by atoms with van der Waals surface area (Å²) in [5.74, 6) is 1.15. The van der Waals surface area contributed by atoms with Crippen LogP contribution in [0.2, 0.25) is 0 Å². The fourth-order valence-electron chi connectivity index (χ4n) is 3.73. The molecule has 3 aromatic carbocycles. The van der Waals surface area contributed by atoms with Gasteiger partial charge < -0.3 is 10.1 Å². The van der Waals surface area contributed by atoms with Crippen molar-refractivity contribution in [3.8, 4) is 5.75 Å². The van der Waals surface area contributed by atoms with Gasteiger partial charge in [-0.3, -0.25) is 4.72 Å². The molecule has 0 spiro atoms. The van der Waals surface area contributed by atoms with Crippen molar-refractivity contribution >= 4 is 38.4 Å². The fourth-order valence-corrected chi connectivity index (χ4v) is 5.36. The molecule has 4 aromatic rings. The first-order valence-corrected chi connectivity index (χ1v) is 12.0. The summed E-state index contributed by atoms with van der Waals surface area (Å²) in [4.78, 5) is 9.49. The lowest BCUT2D eigenvalue weighted by Crippen LogP contribution is -2.19. The van der Waals surface area contributed by atoms with Crippen molar-refractivity contribution in [2.45, 2.75) is 32.6 Å². The molecule has 0 aliphatic heterocycles. The maximum absolute atomic E-state index is 13.5. The number of nitrogens with one attached hydrogen (secondary N) is 2. The standard InChI is InChI=1S/C25H26N4O3S/c1-15-14-16(2)18(4)23(17(15)3)33(30,31)29-25-24(26-19-10-12-20(32-5)13-11-19)27-21-8-6-7-9-22(21)28-25/h6-14H,1-5H3,(H,26,27)(H,28,29). The second kappa shape index (κ2) is 8.71. The number of aryl methyl sites for hydroxylation is 2. The summed E-state index contributed by atoms with van der Waals surface area (Å²) in [7, 11) is -2.33. The number of rotatable bonds is 6. The maximum atomic E-state index is 13.5. The smallest absolute Gasteiger partial charge is 0.263 e. The number of nitrogens with zero attached hydrogens (tertiary/aromatic N) is 2. The quantitative estimate of drug-likeness (QED) is 0.398.